The van der Waals surface area contributed by atoms with Crippen LogP contribution in [0.1, 0.15) is 25.3 Å². The second kappa shape index (κ2) is 6.65. The minimum atomic E-state index is -3.06. The molecular formula is C14H23N3O2S. The largest absolute Gasteiger partial charge is 0.309 e. The zero-order valence-corrected chi connectivity index (χ0v) is 12.9. The first kappa shape index (κ1) is 15.4. The molecule has 0 spiro atoms. The number of rotatable bonds is 5. The van der Waals surface area contributed by atoms with Crippen LogP contribution < -0.4 is 5.32 Å². The van der Waals surface area contributed by atoms with E-state index in [4.69, 9.17) is 0 Å². The molecule has 0 saturated carbocycles. The van der Waals surface area contributed by atoms with Crippen molar-refractivity contribution in [2.75, 3.05) is 19.3 Å². The number of sulfonamides is 1. The normalized spacial score (nSPS) is 24.7. The summed E-state index contributed by atoms with van der Waals surface area (Å²) in [6.07, 6.45) is 6.77. The topological polar surface area (TPSA) is 62.3 Å². The maximum Gasteiger partial charge on any atom is 0.211 e. The molecule has 0 aliphatic carbocycles. The molecule has 1 N–H and O–H groups in total. The molecule has 1 aromatic heterocycles. The molecule has 0 amide bonds. The Morgan fingerprint density at radius 2 is 2.30 bits per heavy atom. The summed E-state index contributed by atoms with van der Waals surface area (Å²) in [5, 5.41) is 3.55. The van der Waals surface area contributed by atoms with Crippen LogP contribution in [0, 0.1) is 5.92 Å². The maximum absolute atomic E-state index is 11.6. The first-order chi connectivity index (χ1) is 9.50. The van der Waals surface area contributed by atoms with Gasteiger partial charge in [0.25, 0.3) is 0 Å². The first-order valence-corrected chi connectivity index (χ1v) is 8.93. The van der Waals surface area contributed by atoms with Gasteiger partial charge in [0, 0.05) is 38.1 Å². The van der Waals surface area contributed by atoms with Gasteiger partial charge in [-0.25, -0.2) is 12.7 Å². The lowest BCUT2D eigenvalue weighted by atomic mass is 9.91. The van der Waals surface area contributed by atoms with E-state index in [1.54, 1.807) is 10.5 Å². The maximum atomic E-state index is 11.6. The Morgan fingerprint density at radius 1 is 1.50 bits per heavy atom. The molecule has 1 aliphatic rings. The van der Waals surface area contributed by atoms with Gasteiger partial charge >= 0.3 is 0 Å². The smallest absolute Gasteiger partial charge is 0.211 e. The van der Waals surface area contributed by atoms with Gasteiger partial charge < -0.3 is 5.32 Å². The molecule has 20 heavy (non-hydrogen) atoms. The van der Waals surface area contributed by atoms with Crippen LogP contribution in [-0.4, -0.2) is 43.1 Å². The number of hydrogen-bond donors (Lipinski definition) is 1. The fourth-order valence-corrected chi connectivity index (χ4v) is 3.63. The van der Waals surface area contributed by atoms with E-state index in [0.717, 1.165) is 24.9 Å². The summed E-state index contributed by atoms with van der Waals surface area (Å²) >= 11 is 0. The Bertz CT molecular complexity index is 518. The standard InChI is InChI=1S/C14H23N3O2S/c1-3-13-11-17(20(2,18)19)8-6-14(13)16-10-12-5-4-7-15-9-12/h4-5,7,9,13-14,16H,3,6,8,10-11H2,1-2H3. The molecule has 2 heterocycles. The molecule has 112 valence electrons. The summed E-state index contributed by atoms with van der Waals surface area (Å²) in [5.41, 5.74) is 1.16. The van der Waals surface area contributed by atoms with Gasteiger partial charge in [-0.15, -0.1) is 0 Å². The summed E-state index contributed by atoms with van der Waals surface area (Å²) in [5.74, 6) is 0.371. The van der Waals surface area contributed by atoms with Gasteiger partial charge in [-0.1, -0.05) is 19.4 Å². The van der Waals surface area contributed by atoms with Crippen LogP contribution in [0.4, 0.5) is 0 Å². The van der Waals surface area contributed by atoms with Crippen molar-refractivity contribution >= 4 is 10.0 Å². The van der Waals surface area contributed by atoms with Crippen LogP contribution in [0.3, 0.4) is 0 Å². The van der Waals surface area contributed by atoms with Gasteiger partial charge in [0.1, 0.15) is 0 Å². The Balaban J connectivity index is 1.93. The fourth-order valence-electron chi connectivity index (χ4n) is 2.73. The monoisotopic (exact) mass is 297 g/mol. The number of piperidine rings is 1. The molecule has 2 atom stereocenters. The highest BCUT2D eigenvalue weighted by Crippen LogP contribution is 2.22. The van der Waals surface area contributed by atoms with Gasteiger partial charge in [0.2, 0.25) is 10.0 Å². The van der Waals surface area contributed by atoms with E-state index in [9.17, 15) is 8.42 Å². The molecule has 6 heteroatoms. The summed E-state index contributed by atoms with van der Waals surface area (Å²) in [4.78, 5) is 4.10. The van der Waals surface area contributed by atoms with E-state index in [1.807, 2.05) is 18.3 Å². The van der Waals surface area contributed by atoms with Gasteiger partial charge in [-0.3, -0.25) is 4.98 Å². The molecule has 1 aromatic rings. The average Bonchev–Trinajstić information content (AvgIpc) is 2.45. The summed E-state index contributed by atoms with van der Waals surface area (Å²) in [6.45, 7) is 4.14. The van der Waals surface area contributed by atoms with E-state index in [1.165, 1.54) is 6.26 Å². The fraction of sp³-hybridized carbons (Fsp3) is 0.643. The zero-order chi connectivity index (χ0) is 14.6. The van der Waals surface area contributed by atoms with E-state index in [2.05, 4.69) is 17.2 Å². The number of aromatic nitrogens is 1. The van der Waals surface area contributed by atoms with Gasteiger partial charge in [-0.2, -0.15) is 0 Å². The van der Waals surface area contributed by atoms with Crippen molar-refractivity contribution in [1.82, 2.24) is 14.6 Å². The molecule has 1 fully saturated rings. The summed E-state index contributed by atoms with van der Waals surface area (Å²) < 4.78 is 24.9. The van der Waals surface area contributed by atoms with Crippen LogP contribution in [0.15, 0.2) is 24.5 Å². The zero-order valence-electron chi connectivity index (χ0n) is 12.1. The Labute approximate surface area is 121 Å². The highest BCUT2D eigenvalue weighted by molar-refractivity contribution is 7.88. The van der Waals surface area contributed by atoms with Crippen LogP contribution in [0.2, 0.25) is 0 Å². The van der Waals surface area contributed by atoms with Crippen LogP contribution in [-0.2, 0) is 16.6 Å². The van der Waals surface area contributed by atoms with Crippen LogP contribution in [0.5, 0.6) is 0 Å². The lowest BCUT2D eigenvalue weighted by molar-refractivity contribution is 0.201. The second-order valence-corrected chi connectivity index (χ2v) is 7.41. The average molecular weight is 297 g/mol. The van der Waals surface area contributed by atoms with E-state index >= 15 is 0 Å². The molecule has 2 unspecified atom stereocenters. The number of hydrogen-bond acceptors (Lipinski definition) is 4. The van der Waals surface area contributed by atoms with Crippen molar-refractivity contribution in [1.29, 1.82) is 0 Å². The SMILES string of the molecule is CCC1CN(S(C)(=O)=O)CCC1NCc1cccnc1. The van der Waals surface area contributed by atoms with Crippen LogP contribution in [0.25, 0.3) is 0 Å². The molecule has 0 bridgehead atoms. The third-order valence-corrected chi connectivity index (χ3v) is 5.25. The number of nitrogens with one attached hydrogen (secondary N) is 1. The Hall–Kier alpha value is -0.980. The van der Waals surface area contributed by atoms with Crippen molar-refractivity contribution in [3.63, 3.8) is 0 Å². The number of nitrogens with zero attached hydrogens (tertiary/aromatic N) is 2. The summed E-state index contributed by atoms with van der Waals surface area (Å²) in [6, 6.07) is 4.35. The molecule has 1 aliphatic heterocycles. The lowest BCUT2D eigenvalue weighted by Crippen LogP contribution is -2.50. The predicted octanol–water partition coefficient (Wildman–Crippen LogP) is 1.23. The molecule has 0 radical (unpaired) electrons. The quantitative estimate of drug-likeness (QED) is 0.888. The molecule has 0 aromatic carbocycles. The Morgan fingerprint density at radius 3 is 2.90 bits per heavy atom. The van der Waals surface area contributed by atoms with E-state index < -0.39 is 10.0 Å². The molecule has 1 saturated heterocycles. The second-order valence-electron chi connectivity index (χ2n) is 5.43. The minimum Gasteiger partial charge on any atom is -0.309 e. The molecule has 2 rings (SSSR count). The van der Waals surface area contributed by atoms with Crippen LogP contribution >= 0.6 is 0 Å². The van der Waals surface area contributed by atoms with Crippen molar-refractivity contribution in [3.05, 3.63) is 30.1 Å². The summed E-state index contributed by atoms with van der Waals surface area (Å²) in [7, 11) is -3.06. The van der Waals surface area contributed by atoms with Gasteiger partial charge in [-0.05, 0) is 24.0 Å². The van der Waals surface area contributed by atoms with Gasteiger partial charge in [0.15, 0.2) is 0 Å². The van der Waals surface area contributed by atoms with Crippen molar-refractivity contribution in [3.8, 4) is 0 Å². The van der Waals surface area contributed by atoms with E-state index in [0.29, 0.717) is 25.0 Å². The van der Waals surface area contributed by atoms with Crippen molar-refractivity contribution in [2.45, 2.75) is 32.4 Å². The third kappa shape index (κ3) is 4.01. The highest BCUT2D eigenvalue weighted by Gasteiger charge is 2.31. The molecule has 5 nitrogen and oxygen atoms in total. The highest BCUT2D eigenvalue weighted by atomic mass is 32.2. The first-order valence-electron chi connectivity index (χ1n) is 7.08. The molecular weight excluding hydrogens is 274 g/mol. The minimum absolute atomic E-state index is 0.371. The predicted molar refractivity (Wildman–Crippen MR) is 79.7 cm³/mol. The lowest BCUT2D eigenvalue weighted by Gasteiger charge is -2.37. The van der Waals surface area contributed by atoms with Crippen molar-refractivity contribution < 1.29 is 8.42 Å². The van der Waals surface area contributed by atoms with E-state index in [-0.39, 0.29) is 0 Å². The van der Waals surface area contributed by atoms with Crippen molar-refractivity contribution in [2.24, 2.45) is 5.92 Å². The van der Waals surface area contributed by atoms with Gasteiger partial charge in [0.05, 0.1) is 6.26 Å². The Kier molecular flexibility index (Phi) is 5.12. The number of pyridine rings is 1. The third-order valence-electron chi connectivity index (χ3n) is 3.98.